The fourth-order valence-corrected chi connectivity index (χ4v) is 1.26. The summed E-state index contributed by atoms with van der Waals surface area (Å²) < 4.78 is 0. The Bertz CT molecular complexity index is 515. The van der Waals surface area contributed by atoms with Crippen molar-refractivity contribution >= 4 is 15.1 Å². The zero-order valence-electron chi connectivity index (χ0n) is 10.9. The first-order valence-corrected chi connectivity index (χ1v) is 6.48. The van der Waals surface area contributed by atoms with Gasteiger partial charge in [-0.15, -0.1) is 9.24 Å². The molecule has 1 aromatic heterocycles. The Hall–Kier alpha value is -1.64. The van der Waals surface area contributed by atoms with Crippen molar-refractivity contribution in [2.45, 2.75) is 20.8 Å². The van der Waals surface area contributed by atoms with E-state index in [-0.39, 0.29) is 11.2 Å². The maximum Gasteiger partial charge on any atom is 0.234 e. The van der Waals surface area contributed by atoms with E-state index in [1.807, 2.05) is 6.07 Å². The smallest absolute Gasteiger partial charge is 0.234 e. The predicted octanol–water partition coefficient (Wildman–Crippen LogP) is 2.03. The van der Waals surface area contributed by atoms with Gasteiger partial charge in [0.1, 0.15) is 11.9 Å². The summed E-state index contributed by atoms with van der Waals surface area (Å²) in [6.45, 7) is 7.13. The Kier molecular flexibility index (Phi) is 5.08. The lowest BCUT2D eigenvalue weighted by molar-refractivity contribution is 0.442. The third kappa shape index (κ3) is 4.70. The summed E-state index contributed by atoms with van der Waals surface area (Å²) >= 11 is 0. The normalized spacial score (nSPS) is 10.2. The number of nitriles is 1. The van der Waals surface area contributed by atoms with Crippen LogP contribution >= 0.6 is 9.24 Å². The van der Waals surface area contributed by atoms with Gasteiger partial charge in [-0.1, -0.05) is 32.6 Å². The van der Waals surface area contributed by atoms with Gasteiger partial charge in [-0.05, 0) is 5.41 Å². The molecule has 0 aliphatic carbocycles. The van der Waals surface area contributed by atoms with Crippen LogP contribution < -0.4 is 5.32 Å². The first-order valence-electron chi connectivity index (χ1n) is 5.66. The molecule has 1 unspecified atom stereocenters. The summed E-state index contributed by atoms with van der Waals surface area (Å²) in [4.78, 5) is 8.09. The van der Waals surface area contributed by atoms with E-state index in [1.54, 1.807) is 6.20 Å². The SMILES string of the molecule is CC(C)(C)CNc1nc(C#N)ncc1C#CCP. The summed E-state index contributed by atoms with van der Waals surface area (Å²) in [6, 6.07) is 1.93. The molecule has 1 aromatic rings. The summed E-state index contributed by atoms with van der Waals surface area (Å²) in [6.07, 6.45) is 2.28. The standard InChI is InChI=1S/C13H17N4P/c1-13(2,3)9-16-12-10(5-4-6-18)8-15-11(7-14)17-12/h8H,6,9,18H2,1-3H3,(H,15,16,17). The van der Waals surface area contributed by atoms with Gasteiger partial charge in [-0.25, -0.2) is 9.97 Å². The van der Waals surface area contributed by atoms with Crippen molar-refractivity contribution in [3.8, 4) is 17.9 Å². The number of anilines is 1. The van der Waals surface area contributed by atoms with E-state index >= 15 is 0 Å². The highest BCUT2D eigenvalue weighted by molar-refractivity contribution is 7.16. The van der Waals surface area contributed by atoms with Crippen LogP contribution in [0.2, 0.25) is 0 Å². The highest BCUT2D eigenvalue weighted by Gasteiger charge is 2.12. The number of nitrogens with zero attached hydrogens (tertiary/aromatic N) is 3. The Labute approximate surface area is 110 Å². The lowest BCUT2D eigenvalue weighted by Gasteiger charge is -2.19. The van der Waals surface area contributed by atoms with Crippen molar-refractivity contribution in [1.29, 1.82) is 5.26 Å². The van der Waals surface area contributed by atoms with Gasteiger partial charge in [0, 0.05) is 18.9 Å². The van der Waals surface area contributed by atoms with Gasteiger partial charge >= 0.3 is 0 Å². The molecule has 0 aromatic carbocycles. The van der Waals surface area contributed by atoms with Crippen molar-refractivity contribution in [3.05, 3.63) is 17.6 Å². The van der Waals surface area contributed by atoms with E-state index in [9.17, 15) is 0 Å². The second-order valence-corrected chi connectivity index (χ2v) is 5.40. The lowest BCUT2D eigenvalue weighted by atomic mass is 9.97. The molecular formula is C13H17N4P. The topological polar surface area (TPSA) is 61.6 Å². The Balaban J connectivity index is 3.01. The van der Waals surface area contributed by atoms with Crippen molar-refractivity contribution in [2.75, 3.05) is 18.0 Å². The lowest BCUT2D eigenvalue weighted by Crippen LogP contribution is -2.20. The molecule has 94 valence electrons. The minimum atomic E-state index is 0.128. The molecule has 0 aliphatic rings. The number of aromatic nitrogens is 2. The van der Waals surface area contributed by atoms with Crippen molar-refractivity contribution in [1.82, 2.24) is 9.97 Å². The molecular weight excluding hydrogens is 243 g/mol. The first kappa shape index (κ1) is 14.4. The Morgan fingerprint density at radius 3 is 2.72 bits per heavy atom. The summed E-state index contributed by atoms with van der Waals surface area (Å²) in [5, 5.41) is 12.0. The van der Waals surface area contributed by atoms with Gasteiger partial charge < -0.3 is 5.32 Å². The molecule has 0 bridgehead atoms. The molecule has 1 heterocycles. The third-order valence-corrected chi connectivity index (χ3v) is 2.20. The van der Waals surface area contributed by atoms with Crippen LogP contribution in [0.5, 0.6) is 0 Å². The van der Waals surface area contributed by atoms with Crippen LogP contribution in [0, 0.1) is 28.6 Å². The molecule has 1 rings (SSSR count). The summed E-state index contributed by atoms with van der Waals surface area (Å²) in [5.74, 6) is 6.72. The molecule has 0 fully saturated rings. The van der Waals surface area contributed by atoms with Crippen LogP contribution in [-0.4, -0.2) is 22.7 Å². The fourth-order valence-electron chi connectivity index (χ4n) is 1.16. The maximum absolute atomic E-state index is 8.81. The van der Waals surface area contributed by atoms with E-state index in [1.165, 1.54) is 0 Å². The van der Waals surface area contributed by atoms with Crippen LogP contribution in [0.25, 0.3) is 0 Å². The zero-order valence-corrected chi connectivity index (χ0v) is 12.1. The van der Waals surface area contributed by atoms with Gasteiger partial charge in [0.25, 0.3) is 0 Å². The number of rotatable bonds is 2. The van der Waals surface area contributed by atoms with E-state index in [2.05, 4.69) is 57.1 Å². The van der Waals surface area contributed by atoms with Crippen molar-refractivity contribution in [3.63, 3.8) is 0 Å². The van der Waals surface area contributed by atoms with Crippen LogP contribution in [0.4, 0.5) is 5.82 Å². The average molecular weight is 260 g/mol. The van der Waals surface area contributed by atoms with E-state index in [0.29, 0.717) is 12.0 Å². The van der Waals surface area contributed by atoms with Crippen molar-refractivity contribution in [2.24, 2.45) is 5.41 Å². The predicted molar refractivity (Wildman–Crippen MR) is 76.1 cm³/mol. The monoisotopic (exact) mass is 260 g/mol. The highest BCUT2D eigenvalue weighted by atomic mass is 31.0. The Morgan fingerprint density at radius 1 is 1.44 bits per heavy atom. The highest BCUT2D eigenvalue weighted by Crippen LogP contribution is 2.16. The van der Waals surface area contributed by atoms with E-state index in [4.69, 9.17) is 5.26 Å². The van der Waals surface area contributed by atoms with Gasteiger partial charge in [0.15, 0.2) is 0 Å². The van der Waals surface area contributed by atoms with Crippen molar-refractivity contribution < 1.29 is 0 Å². The van der Waals surface area contributed by atoms with Gasteiger partial charge in [0.05, 0.1) is 5.56 Å². The average Bonchev–Trinajstić information content (AvgIpc) is 2.33. The molecule has 0 saturated heterocycles. The summed E-state index contributed by atoms with van der Waals surface area (Å²) in [5.41, 5.74) is 0.851. The number of hydrogen-bond donors (Lipinski definition) is 1. The molecule has 4 nitrogen and oxygen atoms in total. The van der Waals surface area contributed by atoms with Crippen LogP contribution in [0.3, 0.4) is 0 Å². The minimum absolute atomic E-state index is 0.128. The first-order chi connectivity index (χ1) is 8.46. The zero-order chi connectivity index (χ0) is 13.6. The molecule has 0 saturated carbocycles. The summed E-state index contributed by atoms with van der Waals surface area (Å²) in [7, 11) is 2.54. The van der Waals surface area contributed by atoms with E-state index < -0.39 is 0 Å². The third-order valence-electron chi connectivity index (χ3n) is 2.00. The van der Waals surface area contributed by atoms with Gasteiger partial charge in [0.2, 0.25) is 5.82 Å². The second kappa shape index (κ2) is 6.34. The molecule has 5 heteroatoms. The van der Waals surface area contributed by atoms with Crippen LogP contribution in [0.15, 0.2) is 6.20 Å². The fraction of sp³-hybridized carbons (Fsp3) is 0.462. The molecule has 1 N–H and O–H groups in total. The molecule has 0 aliphatic heterocycles. The molecule has 0 radical (unpaired) electrons. The van der Waals surface area contributed by atoms with Crippen LogP contribution in [-0.2, 0) is 0 Å². The van der Waals surface area contributed by atoms with Gasteiger partial charge in [-0.2, -0.15) is 5.26 Å². The van der Waals surface area contributed by atoms with Crippen LogP contribution in [0.1, 0.15) is 32.2 Å². The number of nitrogens with one attached hydrogen (secondary N) is 1. The molecule has 18 heavy (non-hydrogen) atoms. The second-order valence-electron chi connectivity index (χ2n) is 4.99. The Morgan fingerprint density at radius 2 is 2.17 bits per heavy atom. The molecule has 0 spiro atoms. The van der Waals surface area contributed by atoms with Gasteiger partial charge in [-0.3, -0.25) is 0 Å². The van der Waals surface area contributed by atoms with E-state index in [0.717, 1.165) is 12.1 Å². The minimum Gasteiger partial charge on any atom is -0.368 e. The maximum atomic E-state index is 8.81. The molecule has 1 atom stereocenters. The molecule has 0 amide bonds. The number of hydrogen-bond acceptors (Lipinski definition) is 4. The largest absolute Gasteiger partial charge is 0.368 e. The quantitative estimate of drug-likeness (QED) is 0.653.